The Morgan fingerprint density at radius 2 is 2.29 bits per heavy atom. The zero-order valence-electron chi connectivity index (χ0n) is 8.15. The second-order valence-electron chi connectivity index (χ2n) is 3.90. The van der Waals surface area contributed by atoms with E-state index in [-0.39, 0.29) is 6.10 Å². The molecule has 0 amide bonds. The predicted octanol–water partition coefficient (Wildman–Crippen LogP) is 2.19. The summed E-state index contributed by atoms with van der Waals surface area (Å²) in [5.74, 6) is 0. The molecule has 3 heteroatoms. The van der Waals surface area contributed by atoms with Crippen LogP contribution in [0.5, 0.6) is 0 Å². The molecule has 14 heavy (non-hydrogen) atoms. The Labute approximate surface area is 92.7 Å². The average Bonchev–Trinajstić information content (AvgIpc) is 2.45. The zero-order valence-corrected chi connectivity index (χ0v) is 9.74. The van der Waals surface area contributed by atoms with Crippen molar-refractivity contribution >= 4 is 15.9 Å². The van der Waals surface area contributed by atoms with Crippen LogP contribution in [0.1, 0.15) is 18.0 Å². The van der Waals surface area contributed by atoms with Crippen LogP contribution in [-0.2, 0) is 0 Å². The first-order chi connectivity index (χ1) is 6.66. The van der Waals surface area contributed by atoms with E-state index in [1.807, 2.05) is 12.1 Å². The molecule has 1 N–H and O–H groups in total. The Kier molecular flexibility index (Phi) is 2.91. The minimum atomic E-state index is -0.177. The van der Waals surface area contributed by atoms with Crippen molar-refractivity contribution in [3.63, 3.8) is 0 Å². The first-order valence-electron chi connectivity index (χ1n) is 4.80. The first-order valence-corrected chi connectivity index (χ1v) is 5.60. The SMILES string of the molecule is CN1C[C@@H](O)CC1c1cccc(Br)c1. The maximum Gasteiger partial charge on any atom is 0.0685 e. The third kappa shape index (κ3) is 2.00. The molecule has 0 radical (unpaired) electrons. The molecule has 2 nitrogen and oxygen atoms in total. The number of β-amino-alcohol motifs (C(OH)–C–C–N with tert-alkyl or cyclic N) is 1. The fourth-order valence-electron chi connectivity index (χ4n) is 2.08. The fraction of sp³-hybridized carbons (Fsp3) is 0.455. The largest absolute Gasteiger partial charge is 0.392 e. The molecular formula is C11H14BrNO. The molecule has 1 aromatic rings. The molecule has 1 aromatic carbocycles. The Bertz CT molecular complexity index is 329. The predicted molar refractivity (Wildman–Crippen MR) is 60.1 cm³/mol. The Morgan fingerprint density at radius 3 is 2.86 bits per heavy atom. The van der Waals surface area contributed by atoms with Crippen LogP contribution in [0.25, 0.3) is 0 Å². The maximum absolute atomic E-state index is 9.55. The minimum absolute atomic E-state index is 0.177. The van der Waals surface area contributed by atoms with Crippen LogP contribution >= 0.6 is 15.9 Å². The number of aliphatic hydroxyl groups excluding tert-OH is 1. The van der Waals surface area contributed by atoms with Crippen LogP contribution in [0.4, 0.5) is 0 Å². The van der Waals surface area contributed by atoms with E-state index in [1.54, 1.807) is 0 Å². The van der Waals surface area contributed by atoms with E-state index in [1.165, 1.54) is 5.56 Å². The van der Waals surface area contributed by atoms with Crippen molar-refractivity contribution in [3.8, 4) is 0 Å². The molecule has 0 saturated carbocycles. The van der Waals surface area contributed by atoms with E-state index >= 15 is 0 Å². The fourth-order valence-corrected chi connectivity index (χ4v) is 2.49. The van der Waals surface area contributed by atoms with Crippen molar-refractivity contribution in [2.45, 2.75) is 18.6 Å². The van der Waals surface area contributed by atoms with E-state index in [2.05, 4.69) is 40.0 Å². The Hall–Kier alpha value is -0.380. The van der Waals surface area contributed by atoms with Gasteiger partial charge in [0.2, 0.25) is 0 Å². The number of halogens is 1. The normalized spacial score (nSPS) is 28.2. The van der Waals surface area contributed by atoms with Crippen molar-refractivity contribution in [1.82, 2.24) is 4.90 Å². The van der Waals surface area contributed by atoms with Gasteiger partial charge in [-0.05, 0) is 31.2 Å². The number of likely N-dealkylation sites (tertiary alicyclic amines) is 1. The summed E-state index contributed by atoms with van der Waals surface area (Å²) in [5, 5.41) is 9.55. The summed E-state index contributed by atoms with van der Waals surface area (Å²) in [4.78, 5) is 2.20. The van der Waals surface area contributed by atoms with Gasteiger partial charge in [0.05, 0.1) is 6.10 Å². The minimum Gasteiger partial charge on any atom is -0.392 e. The Morgan fingerprint density at radius 1 is 1.50 bits per heavy atom. The topological polar surface area (TPSA) is 23.5 Å². The van der Waals surface area contributed by atoms with E-state index in [0.29, 0.717) is 6.04 Å². The monoisotopic (exact) mass is 255 g/mol. The molecule has 2 atom stereocenters. The average molecular weight is 256 g/mol. The van der Waals surface area contributed by atoms with Crippen LogP contribution in [-0.4, -0.2) is 29.7 Å². The lowest BCUT2D eigenvalue weighted by Crippen LogP contribution is -2.19. The quantitative estimate of drug-likeness (QED) is 0.832. The van der Waals surface area contributed by atoms with Gasteiger partial charge in [-0.1, -0.05) is 28.1 Å². The summed E-state index contributed by atoms with van der Waals surface area (Å²) in [6, 6.07) is 8.67. The highest BCUT2D eigenvalue weighted by Crippen LogP contribution is 2.31. The number of hydrogen-bond donors (Lipinski definition) is 1. The highest BCUT2D eigenvalue weighted by atomic mass is 79.9. The van der Waals surface area contributed by atoms with Crippen LogP contribution in [0.2, 0.25) is 0 Å². The molecule has 1 aliphatic heterocycles. The van der Waals surface area contributed by atoms with Crippen molar-refractivity contribution in [3.05, 3.63) is 34.3 Å². The number of benzene rings is 1. The summed E-state index contributed by atoms with van der Waals surface area (Å²) < 4.78 is 1.10. The van der Waals surface area contributed by atoms with Gasteiger partial charge >= 0.3 is 0 Å². The lowest BCUT2D eigenvalue weighted by Gasteiger charge is -2.19. The van der Waals surface area contributed by atoms with Gasteiger partial charge in [0.25, 0.3) is 0 Å². The van der Waals surface area contributed by atoms with E-state index < -0.39 is 0 Å². The smallest absolute Gasteiger partial charge is 0.0685 e. The van der Waals surface area contributed by atoms with E-state index in [0.717, 1.165) is 17.4 Å². The number of aliphatic hydroxyl groups is 1. The number of hydrogen-bond acceptors (Lipinski definition) is 2. The number of rotatable bonds is 1. The summed E-state index contributed by atoms with van der Waals surface area (Å²) in [5.41, 5.74) is 1.28. The van der Waals surface area contributed by atoms with Crippen molar-refractivity contribution in [2.24, 2.45) is 0 Å². The third-order valence-corrected chi connectivity index (χ3v) is 3.25. The molecule has 1 heterocycles. The third-order valence-electron chi connectivity index (χ3n) is 2.76. The van der Waals surface area contributed by atoms with Gasteiger partial charge in [0.15, 0.2) is 0 Å². The van der Waals surface area contributed by atoms with Crippen LogP contribution < -0.4 is 0 Å². The highest BCUT2D eigenvalue weighted by molar-refractivity contribution is 9.10. The molecule has 0 spiro atoms. The van der Waals surface area contributed by atoms with Gasteiger partial charge in [0.1, 0.15) is 0 Å². The lowest BCUT2D eigenvalue weighted by atomic mass is 10.0. The molecule has 0 bridgehead atoms. The molecular weight excluding hydrogens is 242 g/mol. The van der Waals surface area contributed by atoms with Crippen LogP contribution in [0, 0.1) is 0 Å². The maximum atomic E-state index is 9.55. The van der Waals surface area contributed by atoms with Gasteiger partial charge in [-0.25, -0.2) is 0 Å². The molecule has 1 saturated heterocycles. The number of nitrogens with zero attached hydrogens (tertiary/aromatic N) is 1. The van der Waals surface area contributed by atoms with Crippen molar-refractivity contribution < 1.29 is 5.11 Å². The molecule has 1 unspecified atom stereocenters. The van der Waals surface area contributed by atoms with Crippen molar-refractivity contribution in [2.75, 3.05) is 13.6 Å². The van der Waals surface area contributed by atoms with Gasteiger partial charge in [-0.15, -0.1) is 0 Å². The highest BCUT2D eigenvalue weighted by Gasteiger charge is 2.28. The first kappa shape index (κ1) is 10.1. The molecule has 1 aliphatic rings. The second kappa shape index (κ2) is 4.01. The molecule has 76 valence electrons. The summed E-state index contributed by atoms with van der Waals surface area (Å²) >= 11 is 3.46. The molecule has 0 aliphatic carbocycles. The standard InChI is InChI=1S/C11H14BrNO/c1-13-7-10(14)6-11(13)8-3-2-4-9(12)5-8/h2-5,10-11,14H,6-7H2,1H3/t10-,11?/m0/s1. The van der Waals surface area contributed by atoms with Crippen LogP contribution in [0.15, 0.2) is 28.7 Å². The molecule has 1 fully saturated rings. The van der Waals surface area contributed by atoms with Gasteiger partial charge in [0, 0.05) is 17.1 Å². The Balaban J connectivity index is 2.23. The second-order valence-corrected chi connectivity index (χ2v) is 4.82. The van der Waals surface area contributed by atoms with Gasteiger partial charge < -0.3 is 5.11 Å². The lowest BCUT2D eigenvalue weighted by molar-refractivity contribution is 0.182. The van der Waals surface area contributed by atoms with E-state index in [9.17, 15) is 5.11 Å². The van der Waals surface area contributed by atoms with Gasteiger partial charge in [-0.2, -0.15) is 0 Å². The molecule has 2 rings (SSSR count). The summed E-state index contributed by atoms with van der Waals surface area (Å²) in [7, 11) is 2.06. The van der Waals surface area contributed by atoms with Crippen LogP contribution in [0.3, 0.4) is 0 Å². The zero-order chi connectivity index (χ0) is 10.1. The summed E-state index contributed by atoms with van der Waals surface area (Å²) in [6.45, 7) is 0.775. The number of likely N-dealkylation sites (N-methyl/N-ethyl adjacent to an activating group) is 1. The van der Waals surface area contributed by atoms with Crippen molar-refractivity contribution in [1.29, 1.82) is 0 Å². The van der Waals surface area contributed by atoms with Gasteiger partial charge in [-0.3, -0.25) is 4.90 Å². The molecule has 0 aromatic heterocycles. The van der Waals surface area contributed by atoms with E-state index in [4.69, 9.17) is 0 Å². The summed E-state index contributed by atoms with van der Waals surface area (Å²) in [6.07, 6.45) is 0.663.